The number of alkyl halides is 3. The second-order valence-electron chi connectivity index (χ2n) is 5.14. The standard InChI is InChI=1S/C15H12F3N7O/c16-15(17,18)11-9(6-21-14(19)23-11)13(26)20-7-10-22-12(25-24-10)8-4-2-1-3-5-8/h1-6H,7H2,(H,20,26)(H2,19,21,23)(H,22,24,25). The first-order valence-corrected chi connectivity index (χ1v) is 7.29. The van der Waals surface area contributed by atoms with Crippen LogP contribution in [0.5, 0.6) is 0 Å². The van der Waals surface area contributed by atoms with Crippen molar-refractivity contribution in [2.75, 3.05) is 5.73 Å². The van der Waals surface area contributed by atoms with Crippen molar-refractivity contribution in [2.45, 2.75) is 12.7 Å². The molecule has 26 heavy (non-hydrogen) atoms. The number of carbonyl (C=O) groups excluding carboxylic acids is 1. The number of amides is 1. The third-order valence-corrected chi connectivity index (χ3v) is 3.30. The molecular formula is C15H12F3N7O. The Morgan fingerprint density at radius 1 is 1.19 bits per heavy atom. The van der Waals surface area contributed by atoms with Crippen molar-refractivity contribution in [3.8, 4) is 11.4 Å². The van der Waals surface area contributed by atoms with Gasteiger partial charge >= 0.3 is 6.18 Å². The van der Waals surface area contributed by atoms with Gasteiger partial charge in [-0.1, -0.05) is 30.3 Å². The molecule has 0 aliphatic carbocycles. The van der Waals surface area contributed by atoms with Gasteiger partial charge in [0, 0.05) is 11.8 Å². The lowest BCUT2D eigenvalue weighted by atomic mass is 10.2. The third-order valence-electron chi connectivity index (χ3n) is 3.30. The van der Waals surface area contributed by atoms with Crippen molar-refractivity contribution in [3.63, 3.8) is 0 Å². The van der Waals surface area contributed by atoms with E-state index in [2.05, 4.69) is 30.5 Å². The number of rotatable bonds is 4. The molecular weight excluding hydrogens is 351 g/mol. The van der Waals surface area contributed by atoms with Crippen LogP contribution in [0.1, 0.15) is 21.9 Å². The molecule has 0 bridgehead atoms. The van der Waals surface area contributed by atoms with Gasteiger partial charge in [0.1, 0.15) is 5.82 Å². The van der Waals surface area contributed by atoms with Gasteiger partial charge in [-0.25, -0.2) is 15.0 Å². The molecule has 0 spiro atoms. The maximum absolute atomic E-state index is 13.0. The summed E-state index contributed by atoms with van der Waals surface area (Å²) in [5.41, 5.74) is 3.80. The first-order chi connectivity index (χ1) is 12.3. The molecule has 0 fully saturated rings. The van der Waals surface area contributed by atoms with Crippen LogP contribution >= 0.6 is 0 Å². The third kappa shape index (κ3) is 3.77. The maximum Gasteiger partial charge on any atom is 0.434 e. The van der Waals surface area contributed by atoms with Gasteiger partial charge in [-0.05, 0) is 0 Å². The van der Waals surface area contributed by atoms with E-state index in [4.69, 9.17) is 5.73 Å². The highest BCUT2D eigenvalue weighted by molar-refractivity contribution is 5.95. The summed E-state index contributed by atoms with van der Waals surface area (Å²) in [4.78, 5) is 22.8. The van der Waals surface area contributed by atoms with Crippen LogP contribution in [0.15, 0.2) is 36.5 Å². The van der Waals surface area contributed by atoms with Crippen LogP contribution in [0.3, 0.4) is 0 Å². The number of carbonyl (C=O) groups is 1. The monoisotopic (exact) mass is 363 g/mol. The average molecular weight is 363 g/mol. The number of nitrogen functional groups attached to an aromatic ring is 1. The summed E-state index contributed by atoms with van der Waals surface area (Å²) >= 11 is 0. The second kappa shape index (κ2) is 6.78. The number of nitrogens with two attached hydrogens (primary N) is 1. The molecule has 0 aliphatic rings. The highest BCUT2D eigenvalue weighted by Gasteiger charge is 2.38. The Morgan fingerprint density at radius 3 is 2.62 bits per heavy atom. The van der Waals surface area contributed by atoms with Crippen LogP contribution < -0.4 is 11.1 Å². The number of hydrogen-bond acceptors (Lipinski definition) is 6. The van der Waals surface area contributed by atoms with Crippen molar-refractivity contribution >= 4 is 11.9 Å². The van der Waals surface area contributed by atoms with Gasteiger partial charge in [0.15, 0.2) is 11.5 Å². The summed E-state index contributed by atoms with van der Waals surface area (Å²) in [6, 6.07) is 9.06. The zero-order valence-corrected chi connectivity index (χ0v) is 13.1. The van der Waals surface area contributed by atoms with E-state index < -0.39 is 29.3 Å². The minimum absolute atomic E-state index is 0.152. The first-order valence-electron chi connectivity index (χ1n) is 7.29. The minimum Gasteiger partial charge on any atom is -0.368 e. The lowest BCUT2D eigenvalue weighted by Gasteiger charge is -2.11. The minimum atomic E-state index is -4.84. The fraction of sp³-hybridized carbons (Fsp3) is 0.133. The van der Waals surface area contributed by atoms with Crippen LogP contribution in [0.25, 0.3) is 11.4 Å². The molecule has 0 radical (unpaired) electrons. The molecule has 0 unspecified atom stereocenters. The van der Waals surface area contributed by atoms with Crippen LogP contribution in [0, 0.1) is 0 Å². The SMILES string of the molecule is Nc1ncc(C(=O)NCc2nc(-c3ccccc3)n[nH]2)c(C(F)(F)F)n1. The number of aromatic nitrogens is 5. The van der Waals surface area contributed by atoms with Gasteiger partial charge in [-0.3, -0.25) is 9.89 Å². The van der Waals surface area contributed by atoms with E-state index >= 15 is 0 Å². The molecule has 11 heteroatoms. The number of aromatic amines is 1. The summed E-state index contributed by atoms with van der Waals surface area (Å²) in [5.74, 6) is -0.893. The second-order valence-corrected chi connectivity index (χ2v) is 5.14. The molecule has 1 amide bonds. The molecule has 3 rings (SSSR count). The molecule has 8 nitrogen and oxygen atoms in total. The molecule has 0 atom stereocenters. The van der Waals surface area contributed by atoms with Gasteiger partial charge in [-0.2, -0.15) is 18.3 Å². The normalized spacial score (nSPS) is 11.3. The summed E-state index contributed by atoms with van der Waals surface area (Å²) in [6.45, 7) is -0.152. The van der Waals surface area contributed by atoms with E-state index in [9.17, 15) is 18.0 Å². The largest absolute Gasteiger partial charge is 0.434 e. The van der Waals surface area contributed by atoms with Crippen molar-refractivity contribution in [3.05, 3.63) is 53.6 Å². The Balaban J connectivity index is 1.73. The predicted molar refractivity (Wildman–Crippen MR) is 84.4 cm³/mol. The van der Waals surface area contributed by atoms with Crippen molar-refractivity contribution in [1.82, 2.24) is 30.5 Å². The van der Waals surface area contributed by atoms with E-state index in [1.165, 1.54) is 0 Å². The smallest absolute Gasteiger partial charge is 0.368 e. The lowest BCUT2D eigenvalue weighted by molar-refractivity contribution is -0.141. The number of benzene rings is 1. The molecule has 2 aromatic heterocycles. The number of H-pyrrole nitrogens is 1. The van der Waals surface area contributed by atoms with Crippen molar-refractivity contribution in [2.24, 2.45) is 0 Å². The fourth-order valence-corrected chi connectivity index (χ4v) is 2.13. The lowest BCUT2D eigenvalue weighted by Crippen LogP contribution is -2.27. The highest BCUT2D eigenvalue weighted by atomic mass is 19.4. The predicted octanol–water partition coefficient (Wildman–Crippen LogP) is 1.79. The number of hydrogen-bond donors (Lipinski definition) is 3. The Morgan fingerprint density at radius 2 is 1.92 bits per heavy atom. The van der Waals surface area contributed by atoms with Crippen LogP contribution in [0.2, 0.25) is 0 Å². The number of nitrogens with one attached hydrogen (secondary N) is 2. The molecule has 2 heterocycles. The van der Waals surface area contributed by atoms with Gasteiger partial charge < -0.3 is 11.1 Å². The summed E-state index contributed by atoms with van der Waals surface area (Å²) in [6.07, 6.45) is -4.10. The van der Waals surface area contributed by atoms with Gasteiger partial charge in [0.2, 0.25) is 5.95 Å². The van der Waals surface area contributed by atoms with Gasteiger partial charge in [0.25, 0.3) is 5.91 Å². The Labute approximate surface area is 144 Å². The van der Waals surface area contributed by atoms with Crippen LogP contribution in [-0.4, -0.2) is 31.1 Å². The van der Waals surface area contributed by atoms with E-state index in [1.54, 1.807) is 12.1 Å². The highest BCUT2D eigenvalue weighted by Crippen LogP contribution is 2.30. The number of anilines is 1. The van der Waals surface area contributed by atoms with Crippen molar-refractivity contribution in [1.29, 1.82) is 0 Å². The molecule has 0 saturated heterocycles. The number of nitrogens with zero attached hydrogens (tertiary/aromatic N) is 4. The summed E-state index contributed by atoms with van der Waals surface area (Å²) in [5, 5.41) is 8.93. The molecule has 0 aliphatic heterocycles. The van der Waals surface area contributed by atoms with Crippen molar-refractivity contribution < 1.29 is 18.0 Å². The Kier molecular flexibility index (Phi) is 4.52. The van der Waals surface area contributed by atoms with Crippen LogP contribution in [0.4, 0.5) is 19.1 Å². The van der Waals surface area contributed by atoms with E-state index in [0.29, 0.717) is 5.82 Å². The molecule has 1 aromatic carbocycles. The van der Waals surface area contributed by atoms with E-state index in [0.717, 1.165) is 11.8 Å². The first kappa shape index (κ1) is 17.3. The molecule has 4 N–H and O–H groups in total. The Bertz CT molecular complexity index is 924. The summed E-state index contributed by atoms with van der Waals surface area (Å²) in [7, 11) is 0. The average Bonchev–Trinajstić information content (AvgIpc) is 3.08. The Hall–Kier alpha value is -3.50. The quantitative estimate of drug-likeness (QED) is 0.650. The maximum atomic E-state index is 13.0. The molecule has 3 aromatic rings. The summed E-state index contributed by atoms with van der Waals surface area (Å²) < 4.78 is 39.0. The molecule has 134 valence electrons. The zero-order valence-electron chi connectivity index (χ0n) is 13.1. The number of halogens is 3. The molecule has 0 saturated carbocycles. The topological polar surface area (TPSA) is 122 Å². The van der Waals surface area contributed by atoms with E-state index in [1.807, 2.05) is 18.2 Å². The fourth-order valence-electron chi connectivity index (χ4n) is 2.13. The van der Waals surface area contributed by atoms with E-state index in [-0.39, 0.29) is 12.4 Å². The zero-order chi connectivity index (χ0) is 18.7. The van der Waals surface area contributed by atoms with Gasteiger partial charge in [-0.15, -0.1) is 0 Å². The van der Waals surface area contributed by atoms with Crippen LogP contribution in [-0.2, 0) is 12.7 Å². The van der Waals surface area contributed by atoms with Gasteiger partial charge in [0.05, 0.1) is 12.1 Å².